The monoisotopic (exact) mass is 316 g/mol. The number of nitrogens with one attached hydrogen (secondary N) is 1. The Morgan fingerprint density at radius 2 is 2.39 bits per heavy atom. The maximum absolute atomic E-state index is 12.6. The Morgan fingerprint density at radius 3 is 3.09 bits per heavy atom. The molecule has 0 saturated carbocycles. The zero-order valence-electron chi connectivity index (χ0n) is 13.7. The molecule has 1 saturated heterocycles. The summed E-state index contributed by atoms with van der Waals surface area (Å²) in [7, 11) is 0. The van der Waals surface area contributed by atoms with E-state index in [2.05, 4.69) is 29.2 Å². The number of amides is 1. The van der Waals surface area contributed by atoms with Crippen LogP contribution < -0.4 is 5.32 Å². The maximum Gasteiger partial charge on any atom is 0.242 e. The van der Waals surface area contributed by atoms with Crippen LogP contribution in [0.5, 0.6) is 0 Å². The van der Waals surface area contributed by atoms with Crippen molar-refractivity contribution in [3.8, 4) is 0 Å². The van der Waals surface area contributed by atoms with Crippen LogP contribution in [0.1, 0.15) is 26.7 Å². The minimum atomic E-state index is 0.156. The van der Waals surface area contributed by atoms with Gasteiger partial charge in [-0.2, -0.15) is 5.10 Å². The smallest absolute Gasteiger partial charge is 0.242 e. The molecule has 0 aliphatic carbocycles. The van der Waals surface area contributed by atoms with Gasteiger partial charge in [0.05, 0.1) is 24.3 Å². The number of carbonyl (C=O) groups excluding carboxylic acids is 1. The number of likely N-dealkylation sites (tertiary alicyclic amines) is 1. The normalized spacial score (nSPS) is 19.0. The summed E-state index contributed by atoms with van der Waals surface area (Å²) >= 11 is 0. The molecule has 3 rings (SSSR count). The zero-order chi connectivity index (χ0) is 16.2. The predicted molar refractivity (Wildman–Crippen MR) is 87.9 cm³/mol. The molecule has 0 bridgehead atoms. The Hall–Kier alpha value is -2.31. The number of carbonyl (C=O) groups is 1. The first kappa shape index (κ1) is 15.6. The SMILES string of the molecule is CCn1cc(NC(C)[C@@H]2CCCN2C(=O)Cn2ccnc2)cn1. The highest BCUT2D eigenvalue weighted by Crippen LogP contribution is 2.23. The van der Waals surface area contributed by atoms with Gasteiger partial charge in [0.15, 0.2) is 0 Å². The maximum atomic E-state index is 12.6. The fourth-order valence-corrected chi connectivity index (χ4v) is 3.22. The van der Waals surface area contributed by atoms with Crippen molar-refractivity contribution in [2.75, 3.05) is 11.9 Å². The van der Waals surface area contributed by atoms with E-state index in [0.717, 1.165) is 31.6 Å². The van der Waals surface area contributed by atoms with Gasteiger partial charge in [-0.3, -0.25) is 9.48 Å². The topological polar surface area (TPSA) is 68.0 Å². The average molecular weight is 316 g/mol. The third-order valence-electron chi connectivity index (χ3n) is 4.43. The van der Waals surface area contributed by atoms with Crippen molar-refractivity contribution in [2.24, 2.45) is 0 Å². The molecule has 7 nitrogen and oxygen atoms in total. The van der Waals surface area contributed by atoms with Gasteiger partial charge in [-0.1, -0.05) is 0 Å². The van der Waals surface area contributed by atoms with E-state index in [1.54, 1.807) is 12.5 Å². The first-order valence-corrected chi connectivity index (χ1v) is 8.21. The van der Waals surface area contributed by atoms with Crippen molar-refractivity contribution < 1.29 is 4.79 Å². The van der Waals surface area contributed by atoms with Gasteiger partial charge in [-0.05, 0) is 26.7 Å². The number of nitrogens with zero attached hydrogens (tertiary/aromatic N) is 5. The number of hydrogen-bond donors (Lipinski definition) is 1. The molecule has 0 aromatic carbocycles. The van der Waals surface area contributed by atoms with Gasteiger partial charge in [0, 0.05) is 37.7 Å². The lowest BCUT2D eigenvalue weighted by molar-refractivity contribution is -0.132. The van der Waals surface area contributed by atoms with Crippen LogP contribution in [0.15, 0.2) is 31.1 Å². The van der Waals surface area contributed by atoms with Crippen LogP contribution >= 0.6 is 0 Å². The number of anilines is 1. The fourth-order valence-electron chi connectivity index (χ4n) is 3.22. The zero-order valence-corrected chi connectivity index (χ0v) is 13.7. The Morgan fingerprint density at radius 1 is 1.52 bits per heavy atom. The Bertz CT molecular complexity index is 635. The van der Waals surface area contributed by atoms with Crippen LogP contribution in [-0.4, -0.2) is 48.8 Å². The minimum absolute atomic E-state index is 0.156. The largest absolute Gasteiger partial charge is 0.378 e. The third-order valence-corrected chi connectivity index (χ3v) is 4.43. The molecule has 3 heterocycles. The van der Waals surface area contributed by atoms with E-state index < -0.39 is 0 Å². The minimum Gasteiger partial charge on any atom is -0.378 e. The van der Waals surface area contributed by atoms with Crippen molar-refractivity contribution in [3.63, 3.8) is 0 Å². The molecule has 23 heavy (non-hydrogen) atoms. The molecule has 1 amide bonds. The number of imidazole rings is 1. The van der Waals surface area contributed by atoms with Crippen LogP contribution in [-0.2, 0) is 17.9 Å². The van der Waals surface area contributed by atoms with Crippen molar-refractivity contribution in [1.82, 2.24) is 24.2 Å². The summed E-state index contributed by atoms with van der Waals surface area (Å²) in [5.74, 6) is 0.156. The second-order valence-electron chi connectivity index (χ2n) is 6.05. The molecule has 0 spiro atoms. The van der Waals surface area contributed by atoms with E-state index in [4.69, 9.17) is 0 Å². The molecule has 0 radical (unpaired) electrons. The average Bonchev–Trinajstić information content (AvgIpc) is 3.28. The molecule has 1 N–H and O–H groups in total. The van der Waals surface area contributed by atoms with E-state index in [1.807, 2.05) is 32.7 Å². The first-order chi connectivity index (χ1) is 11.2. The van der Waals surface area contributed by atoms with Gasteiger partial charge in [0.25, 0.3) is 0 Å². The molecule has 2 aromatic rings. The summed E-state index contributed by atoms with van der Waals surface area (Å²) in [6.07, 6.45) is 11.1. The predicted octanol–water partition coefficient (Wildman–Crippen LogP) is 1.59. The van der Waals surface area contributed by atoms with Crippen LogP contribution in [0.2, 0.25) is 0 Å². The number of rotatable bonds is 6. The summed E-state index contributed by atoms with van der Waals surface area (Å²) < 4.78 is 3.72. The second-order valence-corrected chi connectivity index (χ2v) is 6.05. The summed E-state index contributed by atoms with van der Waals surface area (Å²) in [5, 5.41) is 7.77. The number of aryl methyl sites for hydroxylation is 1. The highest BCUT2D eigenvalue weighted by Gasteiger charge is 2.32. The Kier molecular flexibility index (Phi) is 4.64. The first-order valence-electron chi connectivity index (χ1n) is 8.21. The summed E-state index contributed by atoms with van der Waals surface area (Å²) in [4.78, 5) is 18.6. The van der Waals surface area contributed by atoms with Gasteiger partial charge < -0.3 is 14.8 Å². The Balaban J connectivity index is 1.62. The van der Waals surface area contributed by atoms with E-state index in [-0.39, 0.29) is 18.0 Å². The molecular weight excluding hydrogens is 292 g/mol. The fraction of sp³-hybridized carbons (Fsp3) is 0.562. The lowest BCUT2D eigenvalue weighted by atomic mass is 10.1. The van der Waals surface area contributed by atoms with E-state index in [0.29, 0.717) is 6.54 Å². The van der Waals surface area contributed by atoms with Crippen molar-refractivity contribution >= 4 is 11.6 Å². The van der Waals surface area contributed by atoms with Crippen LogP contribution in [0.3, 0.4) is 0 Å². The molecule has 1 aliphatic rings. The van der Waals surface area contributed by atoms with Crippen LogP contribution in [0.4, 0.5) is 5.69 Å². The summed E-state index contributed by atoms with van der Waals surface area (Å²) in [6, 6.07) is 0.412. The quantitative estimate of drug-likeness (QED) is 0.879. The summed E-state index contributed by atoms with van der Waals surface area (Å²) in [5.41, 5.74) is 1.01. The molecule has 2 aromatic heterocycles. The summed E-state index contributed by atoms with van der Waals surface area (Å²) in [6.45, 7) is 6.24. The van der Waals surface area contributed by atoms with Crippen LogP contribution in [0, 0.1) is 0 Å². The number of aromatic nitrogens is 4. The molecule has 1 unspecified atom stereocenters. The standard InChI is InChI=1S/C16H24N6O/c1-3-21-10-14(9-18-21)19-13(2)15-5-4-7-22(15)16(23)11-20-8-6-17-12-20/h6,8-10,12-13,15,19H,3-5,7,11H2,1-2H3/t13?,15-/m0/s1. The highest BCUT2D eigenvalue weighted by atomic mass is 16.2. The molecule has 2 atom stereocenters. The third kappa shape index (κ3) is 3.55. The van der Waals surface area contributed by atoms with Gasteiger partial charge >= 0.3 is 0 Å². The Labute approximate surface area is 136 Å². The molecule has 1 aliphatic heterocycles. The van der Waals surface area contributed by atoms with Crippen LogP contribution in [0.25, 0.3) is 0 Å². The van der Waals surface area contributed by atoms with Crippen molar-refractivity contribution in [3.05, 3.63) is 31.1 Å². The van der Waals surface area contributed by atoms with Gasteiger partial charge in [0.2, 0.25) is 5.91 Å². The highest BCUT2D eigenvalue weighted by molar-refractivity contribution is 5.76. The lowest BCUT2D eigenvalue weighted by Crippen LogP contribution is -2.45. The molecule has 124 valence electrons. The molecule has 7 heteroatoms. The van der Waals surface area contributed by atoms with E-state index in [1.165, 1.54) is 0 Å². The second kappa shape index (κ2) is 6.85. The lowest BCUT2D eigenvalue weighted by Gasteiger charge is -2.30. The number of hydrogen-bond acceptors (Lipinski definition) is 4. The van der Waals surface area contributed by atoms with E-state index >= 15 is 0 Å². The molecule has 1 fully saturated rings. The van der Waals surface area contributed by atoms with Crippen molar-refractivity contribution in [1.29, 1.82) is 0 Å². The van der Waals surface area contributed by atoms with Gasteiger partial charge in [-0.25, -0.2) is 4.98 Å². The van der Waals surface area contributed by atoms with E-state index in [9.17, 15) is 4.79 Å². The van der Waals surface area contributed by atoms with Gasteiger partial charge in [0.1, 0.15) is 6.54 Å². The van der Waals surface area contributed by atoms with Gasteiger partial charge in [-0.15, -0.1) is 0 Å². The molecular formula is C16H24N6O. The van der Waals surface area contributed by atoms with Crippen molar-refractivity contribution in [2.45, 2.75) is 51.9 Å².